The number of carbonyl (C=O) groups excluding carboxylic acids is 1. The molecule has 0 saturated carbocycles. The van der Waals surface area contributed by atoms with E-state index in [0.29, 0.717) is 11.3 Å². The standard InChI is InChI=1S/C13H14N4O3S/c1-20-9-5-7(21-2)3-4-8(9)12(18)17-10-11(14)15-6-16-13(10)19/h3-6H,1-2H3,(H,17,18)(H3,14,15,16,19). The van der Waals surface area contributed by atoms with Crippen molar-refractivity contribution in [2.75, 3.05) is 24.4 Å². The third-order valence-corrected chi connectivity index (χ3v) is 3.50. The highest BCUT2D eigenvalue weighted by Crippen LogP contribution is 2.26. The first-order valence-corrected chi connectivity index (χ1v) is 7.15. The molecule has 110 valence electrons. The van der Waals surface area contributed by atoms with Crippen LogP contribution in [0.15, 0.2) is 34.2 Å². The van der Waals surface area contributed by atoms with Crippen molar-refractivity contribution in [2.45, 2.75) is 4.90 Å². The fraction of sp³-hybridized carbons (Fsp3) is 0.154. The number of methoxy groups -OCH3 is 1. The van der Waals surface area contributed by atoms with Crippen LogP contribution in [0.3, 0.4) is 0 Å². The summed E-state index contributed by atoms with van der Waals surface area (Å²) in [5.74, 6) is -0.130. The lowest BCUT2D eigenvalue weighted by Gasteiger charge is -2.10. The van der Waals surface area contributed by atoms with Crippen LogP contribution in [0.25, 0.3) is 0 Å². The van der Waals surface area contributed by atoms with E-state index in [9.17, 15) is 9.59 Å². The molecule has 0 aliphatic carbocycles. The zero-order valence-corrected chi connectivity index (χ0v) is 12.3. The maximum Gasteiger partial charge on any atom is 0.276 e. The number of hydrogen-bond donors (Lipinski definition) is 3. The van der Waals surface area contributed by atoms with Crippen LogP contribution >= 0.6 is 11.8 Å². The van der Waals surface area contributed by atoms with Crippen molar-refractivity contribution in [2.24, 2.45) is 0 Å². The molecule has 0 unspecified atom stereocenters. The Hall–Kier alpha value is -2.48. The summed E-state index contributed by atoms with van der Waals surface area (Å²) < 4.78 is 5.20. The molecule has 7 nitrogen and oxygen atoms in total. The van der Waals surface area contributed by atoms with E-state index in [2.05, 4.69) is 15.3 Å². The van der Waals surface area contributed by atoms with Crippen LogP contribution < -0.4 is 21.3 Å². The summed E-state index contributed by atoms with van der Waals surface area (Å²) >= 11 is 1.53. The maximum absolute atomic E-state index is 12.3. The molecule has 21 heavy (non-hydrogen) atoms. The molecule has 0 fully saturated rings. The normalized spacial score (nSPS) is 10.2. The number of hydrogen-bond acceptors (Lipinski definition) is 6. The number of benzene rings is 1. The Kier molecular flexibility index (Phi) is 4.49. The van der Waals surface area contributed by atoms with E-state index in [1.165, 1.54) is 25.2 Å². The number of nitrogens with zero attached hydrogens (tertiary/aromatic N) is 1. The molecular formula is C13H14N4O3S. The van der Waals surface area contributed by atoms with E-state index >= 15 is 0 Å². The van der Waals surface area contributed by atoms with E-state index in [4.69, 9.17) is 10.5 Å². The molecule has 0 saturated heterocycles. The summed E-state index contributed by atoms with van der Waals surface area (Å²) in [5.41, 5.74) is 5.28. The highest BCUT2D eigenvalue weighted by molar-refractivity contribution is 7.98. The first kappa shape index (κ1) is 14.9. The molecule has 1 heterocycles. The van der Waals surface area contributed by atoms with Crippen molar-refractivity contribution in [3.63, 3.8) is 0 Å². The summed E-state index contributed by atoms with van der Waals surface area (Å²) in [4.78, 5) is 30.9. The Balaban J connectivity index is 2.35. The Morgan fingerprint density at radius 1 is 1.48 bits per heavy atom. The second-order valence-corrected chi connectivity index (χ2v) is 4.89. The second-order valence-electron chi connectivity index (χ2n) is 4.01. The van der Waals surface area contributed by atoms with Crippen molar-refractivity contribution < 1.29 is 9.53 Å². The lowest BCUT2D eigenvalue weighted by atomic mass is 10.2. The molecule has 0 aliphatic rings. The molecule has 2 rings (SSSR count). The first-order valence-electron chi connectivity index (χ1n) is 5.93. The maximum atomic E-state index is 12.3. The molecule has 0 atom stereocenters. The van der Waals surface area contributed by atoms with E-state index < -0.39 is 11.5 Å². The summed E-state index contributed by atoms with van der Waals surface area (Å²) in [7, 11) is 1.47. The lowest BCUT2D eigenvalue weighted by Crippen LogP contribution is -2.22. The van der Waals surface area contributed by atoms with E-state index in [1.54, 1.807) is 18.2 Å². The van der Waals surface area contributed by atoms with Gasteiger partial charge in [0, 0.05) is 4.90 Å². The smallest absolute Gasteiger partial charge is 0.276 e. The molecular weight excluding hydrogens is 292 g/mol. The molecule has 0 aliphatic heterocycles. The van der Waals surface area contributed by atoms with Crippen LogP contribution in [0.5, 0.6) is 5.75 Å². The number of ether oxygens (including phenoxy) is 1. The van der Waals surface area contributed by atoms with Gasteiger partial charge in [-0.1, -0.05) is 0 Å². The highest BCUT2D eigenvalue weighted by Gasteiger charge is 2.16. The fourth-order valence-electron chi connectivity index (χ4n) is 1.70. The molecule has 0 spiro atoms. The van der Waals surface area contributed by atoms with Gasteiger partial charge in [-0.2, -0.15) is 0 Å². The number of nitrogens with two attached hydrogens (primary N) is 1. The summed E-state index contributed by atoms with van der Waals surface area (Å²) in [5, 5.41) is 2.45. The van der Waals surface area contributed by atoms with Gasteiger partial charge in [0.05, 0.1) is 19.0 Å². The largest absolute Gasteiger partial charge is 0.496 e. The quantitative estimate of drug-likeness (QED) is 0.735. The molecule has 0 radical (unpaired) electrons. The Morgan fingerprint density at radius 3 is 2.86 bits per heavy atom. The number of nitrogens with one attached hydrogen (secondary N) is 2. The molecule has 4 N–H and O–H groups in total. The lowest BCUT2D eigenvalue weighted by molar-refractivity contribution is 0.102. The molecule has 1 aromatic heterocycles. The minimum absolute atomic E-state index is 0.0493. The van der Waals surface area contributed by atoms with Gasteiger partial charge in [-0.25, -0.2) is 4.98 Å². The fourth-order valence-corrected chi connectivity index (χ4v) is 2.13. The van der Waals surface area contributed by atoms with Crippen LogP contribution in [-0.2, 0) is 0 Å². The average molecular weight is 306 g/mol. The van der Waals surface area contributed by atoms with Gasteiger partial charge < -0.3 is 20.8 Å². The van der Waals surface area contributed by atoms with Crippen LogP contribution in [0.2, 0.25) is 0 Å². The molecule has 8 heteroatoms. The minimum Gasteiger partial charge on any atom is -0.496 e. The topological polar surface area (TPSA) is 110 Å². The van der Waals surface area contributed by atoms with Crippen molar-refractivity contribution in [3.05, 3.63) is 40.4 Å². The number of aromatic amines is 1. The van der Waals surface area contributed by atoms with Gasteiger partial charge in [-0.3, -0.25) is 9.59 Å². The van der Waals surface area contributed by atoms with Crippen molar-refractivity contribution in [3.8, 4) is 5.75 Å². The van der Waals surface area contributed by atoms with E-state index in [0.717, 1.165) is 4.90 Å². The number of rotatable bonds is 4. The summed E-state index contributed by atoms with van der Waals surface area (Å²) in [6, 6.07) is 5.16. The van der Waals surface area contributed by atoms with Crippen molar-refractivity contribution >= 4 is 29.2 Å². The van der Waals surface area contributed by atoms with Crippen LogP contribution in [0.1, 0.15) is 10.4 Å². The van der Waals surface area contributed by atoms with E-state index in [1.807, 2.05) is 6.26 Å². The third-order valence-electron chi connectivity index (χ3n) is 2.77. The average Bonchev–Trinajstić information content (AvgIpc) is 2.50. The monoisotopic (exact) mass is 306 g/mol. The van der Waals surface area contributed by atoms with Crippen LogP contribution in [0, 0.1) is 0 Å². The molecule has 2 aromatic rings. The molecule has 1 aromatic carbocycles. The zero-order valence-electron chi connectivity index (χ0n) is 11.5. The number of carbonyl (C=O) groups is 1. The van der Waals surface area contributed by atoms with Gasteiger partial charge in [0.25, 0.3) is 11.5 Å². The SMILES string of the molecule is COc1cc(SC)ccc1C(=O)Nc1c(N)nc[nH]c1=O. The van der Waals surface area contributed by atoms with Gasteiger partial charge in [0.2, 0.25) is 0 Å². The Morgan fingerprint density at radius 2 is 2.24 bits per heavy atom. The predicted molar refractivity (Wildman–Crippen MR) is 82.0 cm³/mol. The minimum atomic E-state index is -0.518. The molecule has 1 amide bonds. The number of aromatic nitrogens is 2. The zero-order chi connectivity index (χ0) is 15.4. The second kappa shape index (κ2) is 6.31. The highest BCUT2D eigenvalue weighted by atomic mass is 32.2. The Labute approximate surface area is 124 Å². The molecule has 0 bridgehead atoms. The first-order chi connectivity index (χ1) is 10.1. The number of thioether (sulfide) groups is 1. The number of amides is 1. The Bertz CT molecular complexity index is 730. The van der Waals surface area contributed by atoms with Crippen molar-refractivity contribution in [1.29, 1.82) is 0 Å². The van der Waals surface area contributed by atoms with Crippen LogP contribution in [-0.4, -0.2) is 29.2 Å². The third kappa shape index (κ3) is 3.16. The van der Waals surface area contributed by atoms with Crippen molar-refractivity contribution in [1.82, 2.24) is 9.97 Å². The van der Waals surface area contributed by atoms with Gasteiger partial charge in [0.1, 0.15) is 11.4 Å². The number of nitrogen functional groups attached to an aromatic ring is 1. The van der Waals surface area contributed by atoms with Crippen LogP contribution in [0.4, 0.5) is 11.5 Å². The number of anilines is 2. The van der Waals surface area contributed by atoms with E-state index in [-0.39, 0.29) is 11.5 Å². The predicted octanol–water partition coefficient (Wildman–Crippen LogP) is 1.33. The van der Waals surface area contributed by atoms with Gasteiger partial charge in [0.15, 0.2) is 5.82 Å². The summed E-state index contributed by atoms with van der Waals surface area (Å²) in [6.07, 6.45) is 3.09. The van der Waals surface area contributed by atoms with Gasteiger partial charge >= 0.3 is 0 Å². The van der Waals surface area contributed by atoms with Gasteiger partial charge in [-0.05, 0) is 24.5 Å². The number of H-pyrrole nitrogens is 1. The summed E-state index contributed by atoms with van der Waals surface area (Å²) in [6.45, 7) is 0. The van der Waals surface area contributed by atoms with Gasteiger partial charge in [-0.15, -0.1) is 11.8 Å².